The molecule has 0 aliphatic carbocycles. The van der Waals surface area contributed by atoms with Crippen molar-refractivity contribution in [3.8, 4) is 0 Å². The summed E-state index contributed by atoms with van der Waals surface area (Å²) < 4.78 is 28.3. The molecule has 0 saturated carbocycles. The number of anilines is 1. The van der Waals surface area contributed by atoms with Gasteiger partial charge in [-0.15, -0.1) is 0 Å². The lowest BCUT2D eigenvalue weighted by Crippen LogP contribution is -2.50. The molecule has 1 aliphatic heterocycles. The van der Waals surface area contributed by atoms with Crippen LogP contribution in [0.25, 0.3) is 0 Å². The second kappa shape index (κ2) is 9.18. The minimum absolute atomic E-state index is 0.0788. The van der Waals surface area contributed by atoms with Gasteiger partial charge in [-0.25, -0.2) is 8.42 Å². The van der Waals surface area contributed by atoms with E-state index in [1.807, 2.05) is 32.6 Å². The Hall–Kier alpha value is -1.74. The third kappa shape index (κ3) is 5.11. The van der Waals surface area contributed by atoms with Crippen LogP contribution in [0.15, 0.2) is 39.7 Å². The first-order valence-corrected chi connectivity index (χ1v) is 12.2. The monoisotopic (exact) mass is 493 g/mol. The number of nitrogens with zero attached hydrogens (tertiary/aromatic N) is 2. The van der Waals surface area contributed by atoms with E-state index >= 15 is 0 Å². The smallest absolute Gasteiger partial charge is 0.243 e. The Labute approximate surface area is 187 Å². The molecular weight excluding hydrogens is 466 g/mol. The number of sulfonamides is 1. The summed E-state index contributed by atoms with van der Waals surface area (Å²) >= 11 is 3.41. The fourth-order valence-electron chi connectivity index (χ4n) is 3.81. The van der Waals surface area contributed by atoms with E-state index in [0.717, 1.165) is 26.9 Å². The van der Waals surface area contributed by atoms with Crippen LogP contribution >= 0.6 is 15.9 Å². The van der Waals surface area contributed by atoms with Crippen molar-refractivity contribution in [1.29, 1.82) is 0 Å². The van der Waals surface area contributed by atoms with E-state index in [1.165, 1.54) is 9.87 Å². The average molecular weight is 494 g/mol. The van der Waals surface area contributed by atoms with Gasteiger partial charge >= 0.3 is 0 Å². The molecule has 8 heteroatoms. The number of amides is 1. The minimum Gasteiger partial charge on any atom is -0.324 e. The molecule has 2 aromatic carbocycles. The van der Waals surface area contributed by atoms with E-state index in [-0.39, 0.29) is 12.5 Å². The van der Waals surface area contributed by atoms with Crippen LogP contribution in [0, 0.1) is 27.7 Å². The number of piperazine rings is 1. The summed E-state index contributed by atoms with van der Waals surface area (Å²) in [7, 11) is -3.53. The van der Waals surface area contributed by atoms with Crippen molar-refractivity contribution in [1.82, 2.24) is 9.21 Å². The van der Waals surface area contributed by atoms with E-state index < -0.39 is 10.0 Å². The maximum Gasteiger partial charge on any atom is 0.243 e. The molecule has 1 fully saturated rings. The number of hydrogen-bond donors (Lipinski definition) is 1. The lowest BCUT2D eigenvalue weighted by molar-refractivity contribution is -0.117. The predicted molar refractivity (Wildman–Crippen MR) is 123 cm³/mol. The molecule has 1 aliphatic rings. The Morgan fingerprint density at radius 2 is 1.57 bits per heavy atom. The zero-order valence-corrected chi connectivity index (χ0v) is 20.2. The van der Waals surface area contributed by atoms with Crippen molar-refractivity contribution < 1.29 is 13.2 Å². The Morgan fingerprint density at radius 3 is 2.13 bits per heavy atom. The van der Waals surface area contributed by atoms with Gasteiger partial charge < -0.3 is 5.32 Å². The van der Waals surface area contributed by atoms with Gasteiger partial charge in [0.1, 0.15) is 0 Å². The van der Waals surface area contributed by atoms with Gasteiger partial charge in [-0.1, -0.05) is 33.6 Å². The van der Waals surface area contributed by atoms with Gasteiger partial charge in [0.2, 0.25) is 15.9 Å². The fourth-order valence-corrected chi connectivity index (χ4v) is 5.57. The highest BCUT2D eigenvalue weighted by molar-refractivity contribution is 9.10. The van der Waals surface area contributed by atoms with E-state index in [1.54, 1.807) is 18.2 Å². The Bertz CT molecular complexity index is 1040. The number of carbonyl (C=O) groups excluding carboxylic acids is 1. The highest BCUT2D eigenvalue weighted by atomic mass is 79.9. The van der Waals surface area contributed by atoms with Crippen LogP contribution in [-0.2, 0) is 14.8 Å². The zero-order valence-electron chi connectivity index (χ0n) is 17.8. The molecular formula is C22H28BrN3O3S. The summed E-state index contributed by atoms with van der Waals surface area (Å²) in [5.74, 6) is -0.0788. The molecule has 2 aromatic rings. The maximum absolute atomic E-state index is 12.9. The molecule has 30 heavy (non-hydrogen) atoms. The molecule has 3 rings (SSSR count). The molecule has 6 nitrogen and oxygen atoms in total. The van der Waals surface area contributed by atoms with Crippen LogP contribution in [0.2, 0.25) is 0 Å². The minimum atomic E-state index is -3.53. The lowest BCUT2D eigenvalue weighted by Gasteiger charge is -2.33. The van der Waals surface area contributed by atoms with Gasteiger partial charge in [-0.3, -0.25) is 9.69 Å². The van der Waals surface area contributed by atoms with Crippen molar-refractivity contribution >= 4 is 37.5 Å². The summed E-state index contributed by atoms with van der Waals surface area (Å²) in [5.41, 5.74) is 5.00. The maximum atomic E-state index is 12.9. The molecule has 1 heterocycles. The van der Waals surface area contributed by atoms with Crippen LogP contribution in [0.1, 0.15) is 22.3 Å². The van der Waals surface area contributed by atoms with Gasteiger partial charge in [0.25, 0.3) is 0 Å². The van der Waals surface area contributed by atoms with Gasteiger partial charge in [-0.2, -0.15) is 4.31 Å². The van der Waals surface area contributed by atoms with Gasteiger partial charge in [0.05, 0.1) is 11.4 Å². The van der Waals surface area contributed by atoms with Crippen molar-refractivity contribution in [3.63, 3.8) is 0 Å². The van der Waals surface area contributed by atoms with Crippen molar-refractivity contribution in [2.75, 3.05) is 38.0 Å². The van der Waals surface area contributed by atoms with Crippen LogP contribution in [0.5, 0.6) is 0 Å². The summed E-state index contributed by atoms with van der Waals surface area (Å²) in [6, 6.07) is 9.17. The fraction of sp³-hybridized carbons (Fsp3) is 0.409. The highest BCUT2D eigenvalue weighted by Crippen LogP contribution is 2.24. The molecule has 0 unspecified atom stereocenters. The van der Waals surface area contributed by atoms with Crippen LogP contribution in [0.3, 0.4) is 0 Å². The Kier molecular flexibility index (Phi) is 7.02. The second-order valence-electron chi connectivity index (χ2n) is 7.91. The first kappa shape index (κ1) is 22.9. The van der Waals surface area contributed by atoms with E-state index in [0.29, 0.717) is 31.1 Å². The first-order valence-electron chi connectivity index (χ1n) is 9.94. The van der Waals surface area contributed by atoms with Gasteiger partial charge in [0, 0.05) is 36.3 Å². The van der Waals surface area contributed by atoms with Gasteiger partial charge in [-0.05, 0) is 62.6 Å². The Balaban J connectivity index is 1.59. The molecule has 0 radical (unpaired) electrons. The quantitative estimate of drug-likeness (QED) is 0.690. The molecule has 162 valence electrons. The van der Waals surface area contributed by atoms with E-state index in [2.05, 4.69) is 33.4 Å². The van der Waals surface area contributed by atoms with Crippen molar-refractivity contribution in [2.45, 2.75) is 32.6 Å². The first-order chi connectivity index (χ1) is 14.1. The van der Waals surface area contributed by atoms with Crippen molar-refractivity contribution in [2.24, 2.45) is 0 Å². The third-order valence-electron chi connectivity index (χ3n) is 5.41. The summed E-state index contributed by atoms with van der Waals surface area (Å²) in [4.78, 5) is 14.8. The van der Waals surface area contributed by atoms with E-state index in [9.17, 15) is 13.2 Å². The second-order valence-corrected chi connectivity index (χ2v) is 10.7. The highest BCUT2D eigenvalue weighted by Gasteiger charge is 2.29. The van der Waals surface area contributed by atoms with Gasteiger partial charge in [0.15, 0.2) is 0 Å². The number of benzene rings is 2. The number of aryl methyl sites for hydroxylation is 4. The normalized spacial score (nSPS) is 15.9. The van der Waals surface area contributed by atoms with Crippen LogP contribution < -0.4 is 5.32 Å². The van der Waals surface area contributed by atoms with Crippen molar-refractivity contribution in [3.05, 3.63) is 57.1 Å². The molecule has 0 aromatic heterocycles. The lowest BCUT2D eigenvalue weighted by atomic mass is 10.1. The summed E-state index contributed by atoms with van der Waals surface area (Å²) in [5, 5.41) is 3.01. The SMILES string of the molecule is Cc1cc(C)c(NC(=O)CN2CCN(S(=O)(=O)c3ccc(Br)c(C)c3)CC2)c(C)c1. The zero-order chi connectivity index (χ0) is 22.1. The average Bonchev–Trinajstić information content (AvgIpc) is 2.67. The topological polar surface area (TPSA) is 69.7 Å². The molecule has 0 spiro atoms. The summed E-state index contributed by atoms with van der Waals surface area (Å²) in [6.45, 7) is 9.92. The number of rotatable bonds is 5. The molecule has 0 bridgehead atoms. The number of nitrogens with one attached hydrogen (secondary N) is 1. The predicted octanol–water partition coefficient (Wildman–Crippen LogP) is 3.63. The standard InChI is InChI=1S/C22H28BrN3O3S/c1-15-11-17(3)22(18(4)12-15)24-21(27)14-25-7-9-26(10-8-25)30(28,29)19-5-6-20(23)16(2)13-19/h5-6,11-13H,7-10,14H2,1-4H3,(H,24,27). The largest absolute Gasteiger partial charge is 0.324 e. The number of hydrogen-bond acceptors (Lipinski definition) is 4. The third-order valence-corrected chi connectivity index (χ3v) is 8.19. The number of carbonyl (C=O) groups is 1. The van der Waals surface area contributed by atoms with Crippen LogP contribution in [-0.4, -0.2) is 56.3 Å². The number of halogens is 1. The summed E-state index contributed by atoms with van der Waals surface area (Å²) in [6.07, 6.45) is 0. The molecule has 1 amide bonds. The Morgan fingerprint density at radius 1 is 0.967 bits per heavy atom. The van der Waals surface area contributed by atoms with E-state index in [4.69, 9.17) is 0 Å². The van der Waals surface area contributed by atoms with Crippen LogP contribution in [0.4, 0.5) is 5.69 Å². The molecule has 0 atom stereocenters. The molecule has 1 N–H and O–H groups in total. The molecule has 1 saturated heterocycles.